The van der Waals surface area contributed by atoms with Gasteiger partial charge in [0.05, 0.1) is 11.0 Å². The van der Waals surface area contributed by atoms with E-state index in [1.54, 1.807) is 7.11 Å². The molecule has 0 heterocycles. The predicted molar refractivity (Wildman–Crippen MR) is 67.5 cm³/mol. The van der Waals surface area contributed by atoms with E-state index in [2.05, 4.69) is 5.32 Å². The highest BCUT2D eigenvalue weighted by atomic mass is 16.6. The zero-order chi connectivity index (χ0) is 14.0. The highest BCUT2D eigenvalue weighted by Crippen LogP contribution is 2.29. The average Bonchev–Trinajstić information content (AvgIpc) is 2.32. The Bertz CT molecular complexity index is 511. The molecule has 0 aliphatic heterocycles. The summed E-state index contributed by atoms with van der Waals surface area (Å²) in [5.74, 6) is -1.30. The van der Waals surface area contributed by atoms with Gasteiger partial charge in [0.1, 0.15) is 5.56 Å². The van der Waals surface area contributed by atoms with Crippen LogP contribution >= 0.6 is 0 Å². The Morgan fingerprint density at radius 1 is 1.53 bits per heavy atom. The zero-order valence-electron chi connectivity index (χ0n) is 10.3. The lowest BCUT2D eigenvalue weighted by molar-refractivity contribution is -0.385. The second kappa shape index (κ2) is 5.23. The van der Waals surface area contributed by atoms with Crippen molar-refractivity contribution in [2.45, 2.75) is 25.0 Å². The Hall–Kier alpha value is -2.15. The van der Waals surface area contributed by atoms with E-state index in [4.69, 9.17) is 9.84 Å². The lowest BCUT2D eigenvalue weighted by Crippen LogP contribution is -2.40. The fourth-order valence-electron chi connectivity index (χ4n) is 2.06. The summed E-state index contributed by atoms with van der Waals surface area (Å²) < 4.78 is 5.14. The van der Waals surface area contributed by atoms with Gasteiger partial charge < -0.3 is 15.2 Å². The Labute approximate surface area is 109 Å². The molecule has 7 heteroatoms. The van der Waals surface area contributed by atoms with E-state index in [0.29, 0.717) is 5.69 Å². The summed E-state index contributed by atoms with van der Waals surface area (Å²) in [6.45, 7) is 0. The maximum absolute atomic E-state index is 10.9. The molecule has 0 spiro atoms. The molecule has 2 rings (SSSR count). The van der Waals surface area contributed by atoms with Crippen LogP contribution in [0.25, 0.3) is 0 Å². The van der Waals surface area contributed by atoms with Crippen LogP contribution in [0.5, 0.6) is 0 Å². The third kappa shape index (κ3) is 2.82. The molecule has 0 unspecified atom stereocenters. The van der Waals surface area contributed by atoms with Gasteiger partial charge in [-0.3, -0.25) is 10.1 Å². The molecule has 1 aromatic carbocycles. The Kier molecular flexibility index (Phi) is 3.66. The number of nitrogens with zero attached hydrogens (tertiary/aromatic N) is 1. The largest absolute Gasteiger partial charge is 0.477 e. The number of anilines is 1. The minimum atomic E-state index is -1.30. The molecule has 19 heavy (non-hydrogen) atoms. The van der Waals surface area contributed by atoms with Crippen LogP contribution in [0.15, 0.2) is 18.2 Å². The highest BCUT2D eigenvalue weighted by molar-refractivity contribution is 5.93. The molecule has 2 N–H and O–H groups in total. The minimum Gasteiger partial charge on any atom is -0.477 e. The second-order valence-corrected chi connectivity index (χ2v) is 4.46. The predicted octanol–water partition coefficient (Wildman–Crippen LogP) is 1.88. The topological polar surface area (TPSA) is 102 Å². The molecule has 1 aliphatic carbocycles. The van der Waals surface area contributed by atoms with Crippen molar-refractivity contribution >= 4 is 17.3 Å². The van der Waals surface area contributed by atoms with E-state index in [0.717, 1.165) is 12.8 Å². The molecule has 0 amide bonds. The van der Waals surface area contributed by atoms with E-state index >= 15 is 0 Å². The average molecular weight is 266 g/mol. The molecule has 0 bridgehead atoms. The van der Waals surface area contributed by atoms with Gasteiger partial charge in [0.15, 0.2) is 0 Å². The molecular formula is C12H14N2O5. The Morgan fingerprint density at radius 2 is 2.21 bits per heavy atom. The van der Waals surface area contributed by atoms with Crippen molar-refractivity contribution in [3.05, 3.63) is 33.9 Å². The van der Waals surface area contributed by atoms with Crippen LogP contribution in [-0.2, 0) is 4.74 Å². The summed E-state index contributed by atoms with van der Waals surface area (Å²) in [7, 11) is 1.65. The molecule has 1 saturated carbocycles. The normalized spacial score (nSPS) is 21.5. The van der Waals surface area contributed by atoms with E-state index in [-0.39, 0.29) is 17.7 Å². The first-order valence-corrected chi connectivity index (χ1v) is 5.82. The van der Waals surface area contributed by atoms with E-state index in [1.165, 1.54) is 18.2 Å². The van der Waals surface area contributed by atoms with Crippen LogP contribution in [0.3, 0.4) is 0 Å². The van der Waals surface area contributed by atoms with Gasteiger partial charge in [-0.05, 0) is 25.0 Å². The number of carboxylic acids is 1. The van der Waals surface area contributed by atoms with Crippen molar-refractivity contribution in [3.63, 3.8) is 0 Å². The van der Waals surface area contributed by atoms with Gasteiger partial charge in [0, 0.05) is 24.9 Å². The fraction of sp³-hybridized carbons (Fsp3) is 0.417. The summed E-state index contributed by atoms with van der Waals surface area (Å²) in [6, 6.07) is 4.25. The number of hydrogen-bond acceptors (Lipinski definition) is 5. The lowest BCUT2D eigenvalue weighted by atomic mass is 9.89. The first kappa shape index (κ1) is 13.3. The first-order valence-electron chi connectivity index (χ1n) is 5.82. The van der Waals surface area contributed by atoms with Gasteiger partial charge in [0.2, 0.25) is 0 Å². The lowest BCUT2D eigenvalue weighted by Gasteiger charge is -2.35. The van der Waals surface area contributed by atoms with Gasteiger partial charge >= 0.3 is 5.97 Å². The number of nitrogens with one attached hydrogen (secondary N) is 1. The molecule has 102 valence electrons. The van der Waals surface area contributed by atoms with Gasteiger partial charge in [-0.25, -0.2) is 4.79 Å². The van der Waals surface area contributed by atoms with Gasteiger partial charge in [-0.15, -0.1) is 0 Å². The zero-order valence-corrected chi connectivity index (χ0v) is 10.3. The molecule has 0 radical (unpaired) electrons. The molecule has 7 nitrogen and oxygen atoms in total. The van der Waals surface area contributed by atoms with Gasteiger partial charge in [-0.2, -0.15) is 0 Å². The SMILES string of the molecule is COC1CC(Nc2ccc(C(=O)O)c([N+](=O)[O-])c2)C1. The molecule has 1 aromatic rings. The maximum Gasteiger partial charge on any atom is 0.342 e. The van der Waals surface area contributed by atoms with Gasteiger partial charge in [0.25, 0.3) is 5.69 Å². The Morgan fingerprint density at radius 3 is 2.74 bits per heavy atom. The number of rotatable bonds is 5. The third-order valence-electron chi connectivity index (χ3n) is 3.22. The van der Waals surface area contributed by atoms with Crippen molar-refractivity contribution in [2.24, 2.45) is 0 Å². The number of benzene rings is 1. The highest BCUT2D eigenvalue weighted by Gasteiger charge is 2.29. The number of aromatic carboxylic acids is 1. The standard InChI is InChI=1S/C12H14N2O5/c1-19-9-4-8(5-9)13-7-2-3-10(12(15)16)11(6-7)14(17)18/h2-3,6,8-9,13H,4-5H2,1H3,(H,15,16). The van der Waals surface area contributed by atoms with E-state index in [1.807, 2.05) is 0 Å². The summed E-state index contributed by atoms with van der Waals surface area (Å²) in [6.07, 6.45) is 1.90. The second-order valence-electron chi connectivity index (χ2n) is 4.46. The number of carboxylic acid groups (broad SMARTS) is 1. The fourth-order valence-corrected chi connectivity index (χ4v) is 2.06. The van der Waals surface area contributed by atoms with Crippen LogP contribution in [0, 0.1) is 10.1 Å². The molecule has 0 atom stereocenters. The molecule has 0 saturated heterocycles. The first-order chi connectivity index (χ1) is 9.01. The van der Waals surface area contributed by atoms with Gasteiger partial charge in [-0.1, -0.05) is 0 Å². The van der Waals surface area contributed by atoms with E-state index in [9.17, 15) is 14.9 Å². The molecular weight excluding hydrogens is 252 g/mol. The number of ether oxygens (including phenoxy) is 1. The summed E-state index contributed by atoms with van der Waals surface area (Å²) in [4.78, 5) is 21.0. The van der Waals surface area contributed by atoms with Crippen LogP contribution in [0.2, 0.25) is 0 Å². The number of carbonyl (C=O) groups is 1. The molecule has 1 aliphatic rings. The Balaban J connectivity index is 2.13. The van der Waals surface area contributed by atoms with Crippen LogP contribution < -0.4 is 5.32 Å². The number of hydrogen-bond donors (Lipinski definition) is 2. The van der Waals surface area contributed by atoms with Crippen molar-refractivity contribution in [1.29, 1.82) is 0 Å². The number of nitro benzene ring substituents is 1. The molecule has 0 aromatic heterocycles. The van der Waals surface area contributed by atoms with Crippen LogP contribution in [-0.4, -0.2) is 35.3 Å². The smallest absolute Gasteiger partial charge is 0.342 e. The van der Waals surface area contributed by atoms with Crippen LogP contribution in [0.1, 0.15) is 23.2 Å². The number of methoxy groups -OCH3 is 1. The summed E-state index contributed by atoms with van der Waals surface area (Å²) in [5.41, 5.74) is -0.157. The number of nitro groups is 1. The molecule has 1 fully saturated rings. The quantitative estimate of drug-likeness (QED) is 0.623. The maximum atomic E-state index is 10.9. The van der Waals surface area contributed by atoms with Crippen molar-refractivity contribution in [1.82, 2.24) is 0 Å². The summed E-state index contributed by atoms with van der Waals surface area (Å²) in [5, 5.41) is 22.8. The van der Waals surface area contributed by atoms with Crippen molar-refractivity contribution in [2.75, 3.05) is 12.4 Å². The third-order valence-corrected chi connectivity index (χ3v) is 3.22. The van der Waals surface area contributed by atoms with Crippen molar-refractivity contribution < 1.29 is 19.6 Å². The summed E-state index contributed by atoms with van der Waals surface area (Å²) >= 11 is 0. The van der Waals surface area contributed by atoms with E-state index < -0.39 is 16.6 Å². The van der Waals surface area contributed by atoms with Crippen LogP contribution in [0.4, 0.5) is 11.4 Å². The monoisotopic (exact) mass is 266 g/mol. The minimum absolute atomic E-state index is 0.209. The van der Waals surface area contributed by atoms with Crippen molar-refractivity contribution in [3.8, 4) is 0 Å².